The molecule has 0 spiro atoms. The molecule has 152 valence electrons. The highest BCUT2D eigenvalue weighted by Crippen LogP contribution is 2.34. The van der Waals surface area contributed by atoms with Crippen molar-refractivity contribution in [3.05, 3.63) is 99.6 Å². The molecule has 0 aromatic heterocycles. The average Bonchev–Trinajstić information content (AvgIpc) is 3.25. The van der Waals surface area contributed by atoms with Crippen LogP contribution < -0.4 is 9.47 Å². The van der Waals surface area contributed by atoms with Gasteiger partial charge in [0.25, 0.3) is 11.6 Å². The van der Waals surface area contributed by atoms with E-state index >= 15 is 0 Å². The summed E-state index contributed by atoms with van der Waals surface area (Å²) >= 11 is 0. The molecule has 1 unspecified atom stereocenters. The van der Waals surface area contributed by atoms with E-state index in [1.807, 2.05) is 55.5 Å². The third kappa shape index (κ3) is 3.96. The molecule has 30 heavy (non-hydrogen) atoms. The summed E-state index contributed by atoms with van der Waals surface area (Å²) in [5.41, 5.74) is 2.24. The van der Waals surface area contributed by atoms with Crippen molar-refractivity contribution in [1.29, 1.82) is 0 Å². The van der Waals surface area contributed by atoms with Crippen LogP contribution in [0, 0.1) is 10.1 Å². The first-order chi connectivity index (χ1) is 14.5. The van der Waals surface area contributed by atoms with Crippen LogP contribution in [-0.2, 0) is 6.54 Å². The Morgan fingerprint density at radius 2 is 1.73 bits per heavy atom. The van der Waals surface area contributed by atoms with Crippen LogP contribution in [0.4, 0.5) is 5.69 Å². The Morgan fingerprint density at radius 1 is 1.03 bits per heavy atom. The van der Waals surface area contributed by atoms with Crippen molar-refractivity contribution >= 4 is 11.6 Å². The summed E-state index contributed by atoms with van der Waals surface area (Å²) in [6, 6.07) is 20.8. The first-order valence-electron chi connectivity index (χ1n) is 9.52. The highest BCUT2D eigenvalue weighted by molar-refractivity contribution is 5.94. The molecule has 0 radical (unpaired) electrons. The van der Waals surface area contributed by atoms with Crippen molar-refractivity contribution < 1.29 is 19.2 Å². The second-order valence-electron chi connectivity index (χ2n) is 7.01. The van der Waals surface area contributed by atoms with Crippen LogP contribution in [-0.4, -0.2) is 22.5 Å². The van der Waals surface area contributed by atoms with Crippen LogP contribution in [0.15, 0.2) is 72.8 Å². The number of carbonyl (C=O) groups is 1. The molecule has 1 aliphatic heterocycles. The van der Waals surface area contributed by atoms with Crippen LogP contribution in [0.5, 0.6) is 11.5 Å². The van der Waals surface area contributed by atoms with E-state index in [4.69, 9.17) is 9.47 Å². The lowest BCUT2D eigenvalue weighted by Gasteiger charge is -2.30. The molecule has 3 aromatic rings. The maximum absolute atomic E-state index is 13.4. The van der Waals surface area contributed by atoms with E-state index in [-0.39, 0.29) is 24.4 Å². The number of nitro groups is 1. The summed E-state index contributed by atoms with van der Waals surface area (Å²) in [6.45, 7) is 2.50. The van der Waals surface area contributed by atoms with Crippen LogP contribution in [0.25, 0.3) is 0 Å². The first kappa shape index (κ1) is 19.4. The smallest absolute Gasteiger partial charge is 0.269 e. The van der Waals surface area contributed by atoms with Crippen molar-refractivity contribution in [3.8, 4) is 11.5 Å². The molecule has 7 nitrogen and oxygen atoms in total. The van der Waals surface area contributed by atoms with Gasteiger partial charge in [0, 0.05) is 24.2 Å². The summed E-state index contributed by atoms with van der Waals surface area (Å²) in [4.78, 5) is 25.6. The summed E-state index contributed by atoms with van der Waals surface area (Å²) in [7, 11) is 0. The molecule has 3 aromatic carbocycles. The Kier molecular flexibility index (Phi) is 5.34. The number of nitrogens with zero attached hydrogens (tertiary/aromatic N) is 2. The third-order valence-corrected chi connectivity index (χ3v) is 5.13. The van der Waals surface area contributed by atoms with E-state index in [0.29, 0.717) is 23.6 Å². The molecule has 0 aliphatic carbocycles. The predicted octanol–water partition coefficient (Wildman–Crippen LogP) is 4.73. The average molecular weight is 404 g/mol. The fourth-order valence-electron chi connectivity index (χ4n) is 3.42. The van der Waals surface area contributed by atoms with Gasteiger partial charge in [-0.25, -0.2) is 0 Å². The standard InChI is InChI=1S/C23H20N2O5/c1-16(18-5-3-2-4-6-18)24(14-17-7-12-21-22(13-17)30-15-29-21)23(26)19-8-10-20(11-9-19)25(27)28/h2-13,16H,14-15H2,1H3. The molecule has 1 amide bonds. The maximum atomic E-state index is 13.4. The van der Waals surface area contributed by atoms with Gasteiger partial charge in [0.2, 0.25) is 6.79 Å². The molecule has 7 heteroatoms. The topological polar surface area (TPSA) is 81.9 Å². The number of nitro benzene ring substituents is 1. The van der Waals surface area contributed by atoms with E-state index in [0.717, 1.165) is 11.1 Å². The molecule has 1 atom stereocenters. The van der Waals surface area contributed by atoms with E-state index in [2.05, 4.69) is 0 Å². The van der Waals surface area contributed by atoms with Gasteiger partial charge in [-0.2, -0.15) is 0 Å². The van der Waals surface area contributed by atoms with E-state index in [9.17, 15) is 14.9 Å². The second kappa shape index (κ2) is 8.24. The summed E-state index contributed by atoms with van der Waals surface area (Å²) in [5, 5.41) is 10.9. The Hall–Kier alpha value is -3.87. The number of hydrogen-bond acceptors (Lipinski definition) is 5. The van der Waals surface area contributed by atoms with E-state index in [1.54, 1.807) is 4.90 Å². The number of fused-ring (bicyclic) bond motifs is 1. The molecular formula is C23H20N2O5. The van der Waals surface area contributed by atoms with Gasteiger partial charge in [0.15, 0.2) is 11.5 Å². The molecule has 0 saturated heterocycles. The fraction of sp³-hybridized carbons (Fsp3) is 0.174. The lowest BCUT2D eigenvalue weighted by molar-refractivity contribution is -0.384. The maximum Gasteiger partial charge on any atom is 0.269 e. The number of rotatable bonds is 6. The zero-order valence-electron chi connectivity index (χ0n) is 16.4. The summed E-state index contributed by atoms with van der Waals surface area (Å²) < 4.78 is 10.8. The summed E-state index contributed by atoms with van der Waals surface area (Å²) in [5.74, 6) is 1.13. The Balaban J connectivity index is 1.66. The minimum Gasteiger partial charge on any atom is -0.454 e. The monoisotopic (exact) mass is 404 g/mol. The van der Waals surface area contributed by atoms with Crippen LogP contribution in [0.2, 0.25) is 0 Å². The zero-order valence-corrected chi connectivity index (χ0v) is 16.4. The Morgan fingerprint density at radius 3 is 2.43 bits per heavy atom. The molecule has 0 bridgehead atoms. The third-order valence-electron chi connectivity index (χ3n) is 5.13. The Bertz CT molecular complexity index is 1070. The molecule has 0 fully saturated rings. The lowest BCUT2D eigenvalue weighted by Crippen LogP contribution is -2.33. The fourth-order valence-corrected chi connectivity index (χ4v) is 3.42. The van der Waals surface area contributed by atoms with Crippen LogP contribution >= 0.6 is 0 Å². The minimum absolute atomic E-state index is 0.0509. The highest BCUT2D eigenvalue weighted by Gasteiger charge is 2.24. The predicted molar refractivity (Wildman–Crippen MR) is 110 cm³/mol. The van der Waals surface area contributed by atoms with Gasteiger partial charge in [-0.15, -0.1) is 0 Å². The first-order valence-corrected chi connectivity index (χ1v) is 9.52. The van der Waals surface area contributed by atoms with Crippen molar-refractivity contribution in [1.82, 2.24) is 4.90 Å². The van der Waals surface area contributed by atoms with Gasteiger partial charge >= 0.3 is 0 Å². The summed E-state index contributed by atoms with van der Waals surface area (Å²) in [6.07, 6.45) is 0. The Labute approximate surface area is 173 Å². The van der Waals surface area contributed by atoms with Gasteiger partial charge in [-0.3, -0.25) is 14.9 Å². The van der Waals surface area contributed by atoms with Gasteiger partial charge in [0.05, 0.1) is 11.0 Å². The van der Waals surface area contributed by atoms with Crippen molar-refractivity contribution in [3.63, 3.8) is 0 Å². The van der Waals surface area contributed by atoms with Crippen molar-refractivity contribution in [2.24, 2.45) is 0 Å². The van der Waals surface area contributed by atoms with Crippen LogP contribution in [0.3, 0.4) is 0 Å². The minimum atomic E-state index is -0.481. The molecule has 0 N–H and O–H groups in total. The van der Waals surface area contributed by atoms with Gasteiger partial charge in [0.1, 0.15) is 0 Å². The lowest BCUT2D eigenvalue weighted by atomic mass is 10.0. The number of ether oxygens (including phenoxy) is 2. The number of benzene rings is 3. The van der Waals surface area contributed by atoms with E-state index < -0.39 is 4.92 Å². The number of hydrogen-bond donors (Lipinski definition) is 0. The number of carbonyl (C=O) groups excluding carboxylic acids is 1. The van der Waals surface area contributed by atoms with Crippen LogP contribution in [0.1, 0.15) is 34.5 Å². The van der Waals surface area contributed by atoms with E-state index in [1.165, 1.54) is 24.3 Å². The van der Waals surface area contributed by atoms with Crippen molar-refractivity contribution in [2.75, 3.05) is 6.79 Å². The van der Waals surface area contributed by atoms with Gasteiger partial charge < -0.3 is 14.4 Å². The number of amides is 1. The van der Waals surface area contributed by atoms with Gasteiger partial charge in [-0.05, 0) is 42.3 Å². The number of non-ortho nitro benzene ring substituents is 1. The largest absolute Gasteiger partial charge is 0.454 e. The molecule has 4 rings (SSSR count). The van der Waals surface area contributed by atoms with Gasteiger partial charge in [-0.1, -0.05) is 36.4 Å². The molecule has 0 saturated carbocycles. The molecular weight excluding hydrogens is 384 g/mol. The SMILES string of the molecule is CC(c1ccccc1)N(Cc1ccc2c(c1)OCO2)C(=O)c1ccc([N+](=O)[O-])cc1. The zero-order chi connectivity index (χ0) is 21.1. The molecule has 1 heterocycles. The normalized spacial score (nSPS) is 13.0. The highest BCUT2D eigenvalue weighted by atomic mass is 16.7. The van der Waals surface area contributed by atoms with Crippen molar-refractivity contribution in [2.45, 2.75) is 19.5 Å². The second-order valence-corrected chi connectivity index (χ2v) is 7.01. The molecule has 1 aliphatic rings. The quantitative estimate of drug-likeness (QED) is 0.438.